The van der Waals surface area contributed by atoms with Gasteiger partial charge in [-0.3, -0.25) is 19.1 Å². The van der Waals surface area contributed by atoms with Crippen molar-refractivity contribution >= 4 is 17.7 Å². The molecule has 0 radical (unpaired) electrons. The fraction of sp³-hybridized carbons (Fsp3) is 0.565. The van der Waals surface area contributed by atoms with Gasteiger partial charge in [0, 0.05) is 18.3 Å². The van der Waals surface area contributed by atoms with E-state index in [0.717, 1.165) is 56.1 Å². The number of benzene rings is 2. The van der Waals surface area contributed by atoms with E-state index in [4.69, 9.17) is 4.74 Å². The summed E-state index contributed by atoms with van der Waals surface area (Å²) in [6, 6.07) is 21.6. The number of fused-ring (bicyclic) bond motifs is 7. The van der Waals surface area contributed by atoms with E-state index in [0.29, 0.717) is 12.8 Å². The fourth-order valence-corrected chi connectivity index (χ4v) is 13.0. The van der Waals surface area contributed by atoms with E-state index in [-0.39, 0.29) is 51.8 Å². The van der Waals surface area contributed by atoms with Gasteiger partial charge in [-0.15, -0.1) is 0 Å². The second-order valence-electron chi connectivity index (χ2n) is 19.0. The number of ether oxygens (including phenoxy) is 1. The lowest BCUT2D eigenvalue weighted by Gasteiger charge is -2.70. The number of carbonyl (C=O) groups excluding carboxylic acids is 2. The largest absolute Gasteiger partial charge is 0.481 e. The first-order chi connectivity index (χ1) is 25.1. The molecule has 4 fully saturated rings. The van der Waals surface area contributed by atoms with Crippen LogP contribution in [-0.2, 0) is 19.1 Å². The van der Waals surface area contributed by atoms with Crippen molar-refractivity contribution in [1.29, 1.82) is 0 Å². The zero-order valence-electron chi connectivity index (χ0n) is 32.3. The Morgan fingerprint density at radius 1 is 0.830 bits per heavy atom. The highest BCUT2D eigenvalue weighted by molar-refractivity contribution is 5.96. The van der Waals surface area contributed by atoms with E-state index >= 15 is 0 Å². The third-order valence-corrected chi connectivity index (χ3v) is 16.4. The minimum atomic E-state index is -1.06. The lowest BCUT2D eigenvalue weighted by molar-refractivity contribution is -0.205. The van der Waals surface area contributed by atoms with Crippen LogP contribution in [0.1, 0.15) is 123 Å². The first-order valence-electron chi connectivity index (χ1n) is 19.9. The molecule has 4 saturated carbocycles. The first kappa shape index (κ1) is 36.0. The molecule has 8 rings (SSSR count). The van der Waals surface area contributed by atoms with Gasteiger partial charge < -0.3 is 9.84 Å². The molecule has 0 saturated heterocycles. The number of carboxylic acids is 1. The molecule has 53 heavy (non-hydrogen) atoms. The summed E-state index contributed by atoms with van der Waals surface area (Å²) < 4.78 is 8.38. The molecule has 0 aliphatic heterocycles. The molecule has 2 aromatic carbocycles. The Kier molecular flexibility index (Phi) is 8.33. The van der Waals surface area contributed by atoms with Crippen molar-refractivity contribution in [2.24, 2.45) is 50.2 Å². The number of aromatic nitrogens is 2. The Balaban J connectivity index is 1.13. The van der Waals surface area contributed by atoms with Crippen LogP contribution in [0.5, 0.6) is 0 Å². The van der Waals surface area contributed by atoms with Gasteiger partial charge in [-0.1, -0.05) is 93.9 Å². The maximum absolute atomic E-state index is 15.0. The Hall–Kier alpha value is -4.00. The topological polar surface area (TPSA) is 98.5 Å². The van der Waals surface area contributed by atoms with Crippen LogP contribution in [-0.4, -0.2) is 32.6 Å². The predicted octanol–water partition coefficient (Wildman–Crippen LogP) is 9.80. The summed E-state index contributed by atoms with van der Waals surface area (Å²) in [4.78, 5) is 42.9. The zero-order valence-corrected chi connectivity index (χ0v) is 32.3. The van der Waals surface area contributed by atoms with Gasteiger partial charge in [-0.05, 0) is 128 Å². The Morgan fingerprint density at radius 2 is 1.47 bits per heavy atom. The summed E-state index contributed by atoms with van der Waals surface area (Å²) in [5.74, 6) is -1.18. The Labute approximate surface area is 314 Å². The monoisotopic (exact) mass is 716 g/mol. The SMILES string of the molecule is C[C@]1(C(=O)OC(c2ccccc2)c2ccccc2)CC[C@]2(C)CC[C@]3(C)C(=CC(=O)[C@@H]4[C@@]5(C)CC[C@H](n6cccn6)[C@@](C)(C(=O)O)[C@@H]5CC[C@]43C)[C@@H]2C1. The van der Waals surface area contributed by atoms with Crippen molar-refractivity contribution < 1.29 is 24.2 Å². The van der Waals surface area contributed by atoms with Crippen molar-refractivity contribution in [1.82, 2.24) is 9.78 Å². The van der Waals surface area contributed by atoms with Crippen LogP contribution in [0.2, 0.25) is 0 Å². The standard InChI is InChI=1S/C46H56N2O5/c1-41-22-23-42(2,40(52)53-37(30-14-9-7-10-15-30)31-16-11-8-12-17-31)29-33(41)32-28-34(49)38-43(3)20-19-36(48-27-13-26-47-48)46(6,39(50)51)35(43)18-21-45(38,5)44(32,4)25-24-41/h7-17,26-28,33,35-38H,18-25,29H2,1-6H3,(H,50,51)/t33-,35+,36-,38+,41+,42-,43-,44+,45+,46-/m0/s1. The number of carboxylic acid groups (broad SMARTS) is 1. The minimum absolute atomic E-state index is 0.0162. The van der Waals surface area contributed by atoms with Gasteiger partial charge in [-0.25, -0.2) is 0 Å². The van der Waals surface area contributed by atoms with Gasteiger partial charge in [0.2, 0.25) is 0 Å². The molecule has 3 aromatic rings. The van der Waals surface area contributed by atoms with E-state index in [1.807, 2.05) is 90.6 Å². The van der Waals surface area contributed by atoms with Crippen LogP contribution in [0.15, 0.2) is 90.8 Å². The van der Waals surface area contributed by atoms with Crippen LogP contribution in [0.25, 0.3) is 0 Å². The van der Waals surface area contributed by atoms with Gasteiger partial charge in [0.25, 0.3) is 0 Å². The molecule has 1 heterocycles. The van der Waals surface area contributed by atoms with Crippen LogP contribution in [0, 0.1) is 50.2 Å². The smallest absolute Gasteiger partial charge is 0.312 e. The average molecular weight is 717 g/mol. The second-order valence-corrected chi connectivity index (χ2v) is 19.0. The molecule has 280 valence electrons. The molecular formula is C46H56N2O5. The summed E-state index contributed by atoms with van der Waals surface area (Å²) in [5.41, 5.74) is 0.289. The van der Waals surface area contributed by atoms with E-state index in [1.165, 1.54) is 5.57 Å². The number of ketones is 1. The van der Waals surface area contributed by atoms with E-state index in [1.54, 1.807) is 6.20 Å². The molecule has 5 aliphatic carbocycles. The van der Waals surface area contributed by atoms with Gasteiger partial charge in [0.05, 0.1) is 16.9 Å². The molecule has 0 spiro atoms. The van der Waals surface area contributed by atoms with Crippen molar-refractivity contribution in [3.63, 3.8) is 0 Å². The number of allylic oxidation sites excluding steroid dienone is 2. The highest BCUT2D eigenvalue weighted by Crippen LogP contribution is 2.76. The normalized spacial score (nSPS) is 40.6. The number of nitrogens with zero attached hydrogens (tertiary/aromatic N) is 2. The number of hydrogen-bond acceptors (Lipinski definition) is 5. The van der Waals surface area contributed by atoms with Crippen LogP contribution in [0.3, 0.4) is 0 Å². The average Bonchev–Trinajstić information content (AvgIpc) is 3.67. The zero-order chi connectivity index (χ0) is 37.6. The fourth-order valence-electron chi connectivity index (χ4n) is 13.0. The minimum Gasteiger partial charge on any atom is -0.481 e. The summed E-state index contributed by atoms with van der Waals surface area (Å²) in [6.07, 6.45) is 12.4. The molecule has 1 N–H and O–H groups in total. The highest BCUT2D eigenvalue weighted by Gasteiger charge is 2.72. The van der Waals surface area contributed by atoms with Crippen molar-refractivity contribution in [3.8, 4) is 0 Å². The summed E-state index contributed by atoms with van der Waals surface area (Å²) >= 11 is 0. The van der Waals surface area contributed by atoms with Gasteiger partial charge in [0.1, 0.15) is 0 Å². The van der Waals surface area contributed by atoms with Gasteiger partial charge >= 0.3 is 11.9 Å². The summed E-state index contributed by atoms with van der Waals surface area (Å²) in [5, 5.41) is 15.5. The number of carbonyl (C=O) groups is 3. The molecule has 7 heteroatoms. The number of esters is 1. The highest BCUT2D eigenvalue weighted by atomic mass is 16.5. The molecule has 0 unspecified atom stereocenters. The lowest BCUT2D eigenvalue weighted by Crippen LogP contribution is -2.67. The van der Waals surface area contributed by atoms with Crippen LogP contribution >= 0.6 is 0 Å². The van der Waals surface area contributed by atoms with Gasteiger partial charge in [-0.2, -0.15) is 5.10 Å². The van der Waals surface area contributed by atoms with E-state index in [2.05, 4.69) is 39.7 Å². The first-order valence-corrected chi connectivity index (χ1v) is 19.9. The summed E-state index contributed by atoms with van der Waals surface area (Å²) in [6.45, 7) is 13.4. The van der Waals surface area contributed by atoms with Crippen molar-refractivity contribution in [2.45, 2.75) is 111 Å². The van der Waals surface area contributed by atoms with E-state index in [9.17, 15) is 19.5 Å². The van der Waals surface area contributed by atoms with Crippen molar-refractivity contribution in [3.05, 3.63) is 102 Å². The van der Waals surface area contributed by atoms with Crippen LogP contribution in [0.4, 0.5) is 0 Å². The maximum atomic E-state index is 15.0. The molecule has 7 nitrogen and oxygen atoms in total. The molecule has 1 aromatic heterocycles. The number of aliphatic carboxylic acids is 1. The summed E-state index contributed by atoms with van der Waals surface area (Å²) in [7, 11) is 0. The lowest BCUT2D eigenvalue weighted by atomic mass is 9.33. The molecule has 5 aliphatic rings. The third kappa shape index (κ3) is 5.11. The molecular weight excluding hydrogens is 661 g/mol. The number of rotatable bonds is 6. The molecule has 10 atom stereocenters. The third-order valence-electron chi connectivity index (χ3n) is 16.4. The van der Waals surface area contributed by atoms with Crippen molar-refractivity contribution in [2.75, 3.05) is 0 Å². The second kappa shape index (κ2) is 12.3. The quantitative estimate of drug-likeness (QED) is 0.255. The predicted molar refractivity (Wildman–Crippen MR) is 203 cm³/mol. The maximum Gasteiger partial charge on any atom is 0.312 e. The van der Waals surface area contributed by atoms with Crippen LogP contribution < -0.4 is 0 Å². The Morgan fingerprint density at radius 3 is 2.08 bits per heavy atom. The van der Waals surface area contributed by atoms with E-state index < -0.39 is 28.3 Å². The number of hydrogen-bond donors (Lipinski definition) is 1. The Bertz CT molecular complexity index is 1900. The van der Waals surface area contributed by atoms with Gasteiger partial charge in [0.15, 0.2) is 11.9 Å². The molecule has 0 bridgehead atoms. The molecule has 0 amide bonds.